The Balaban J connectivity index is 2.18. The number of rotatable bonds is 6. The summed E-state index contributed by atoms with van der Waals surface area (Å²) in [5, 5.41) is 4.09. The van der Waals surface area contributed by atoms with Gasteiger partial charge in [0.25, 0.3) is 0 Å². The van der Waals surface area contributed by atoms with Gasteiger partial charge in [0.15, 0.2) is 0 Å². The highest BCUT2D eigenvalue weighted by Crippen LogP contribution is 2.34. The van der Waals surface area contributed by atoms with Gasteiger partial charge in [-0.2, -0.15) is 4.98 Å². The molecule has 1 aromatic rings. The summed E-state index contributed by atoms with van der Waals surface area (Å²) in [5.74, 6) is 1.11. The van der Waals surface area contributed by atoms with Crippen LogP contribution in [0.25, 0.3) is 0 Å². The lowest BCUT2D eigenvalue weighted by atomic mass is 9.93. The maximum absolute atomic E-state index is 6.00. The predicted octanol–water partition coefficient (Wildman–Crippen LogP) is 1.91. The van der Waals surface area contributed by atoms with E-state index in [0.29, 0.717) is 31.5 Å². The molecule has 0 aliphatic carbocycles. The van der Waals surface area contributed by atoms with Gasteiger partial charge in [0.1, 0.15) is 5.60 Å². The van der Waals surface area contributed by atoms with Crippen LogP contribution in [0.15, 0.2) is 4.52 Å². The van der Waals surface area contributed by atoms with E-state index in [0.717, 1.165) is 25.7 Å². The summed E-state index contributed by atoms with van der Waals surface area (Å²) in [7, 11) is 0. The average Bonchev–Trinajstić information content (AvgIpc) is 2.91. The van der Waals surface area contributed by atoms with Crippen molar-refractivity contribution in [2.75, 3.05) is 19.8 Å². The lowest BCUT2D eigenvalue weighted by Crippen LogP contribution is -2.37. The van der Waals surface area contributed by atoms with Crippen LogP contribution in [-0.4, -0.2) is 30.0 Å². The molecular formula is C13H23N3O3. The first-order chi connectivity index (χ1) is 9.22. The third-order valence-corrected chi connectivity index (χ3v) is 3.49. The highest BCUT2D eigenvalue weighted by Gasteiger charge is 2.40. The highest BCUT2D eigenvalue weighted by atomic mass is 16.5. The first-order valence-electron chi connectivity index (χ1n) is 7.03. The van der Waals surface area contributed by atoms with Gasteiger partial charge in [-0.1, -0.05) is 18.5 Å². The topological polar surface area (TPSA) is 83.4 Å². The van der Waals surface area contributed by atoms with Gasteiger partial charge >= 0.3 is 0 Å². The first kappa shape index (κ1) is 14.4. The molecule has 2 heterocycles. The zero-order chi connectivity index (χ0) is 13.7. The fourth-order valence-electron chi connectivity index (χ4n) is 2.42. The number of hydrogen-bond donors (Lipinski definition) is 1. The number of aromatic nitrogens is 2. The lowest BCUT2D eigenvalue weighted by Gasteiger charge is -2.33. The van der Waals surface area contributed by atoms with Crippen molar-refractivity contribution < 1.29 is 14.0 Å². The maximum Gasteiger partial charge on any atom is 0.243 e. The molecule has 2 rings (SSSR count). The van der Waals surface area contributed by atoms with E-state index in [4.69, 9.17) is 19.7 Å². The monoisotopic (exact) mass is 269 g/mol. The van der Waals surface area contributed by atoms with Gasteiger partial charge in [-0.25, -0.2) is 0 Å². The Morgan fingerprint density at radius 3 is 2.74 bits per heavy atom. The van der Waals surface area contributed by atoms with Gasteiger partial charge < -0.3 is 19.7 Å². The Hall–Kier alpha value is -0.980. The average molecular weight is 269 g/mol. The number of nitrogens with two attached hydrogens (primary N) is 1. The summed E-state index contributed by atoms with van der Waals surface area (Å²) in [6, 6.07) is -0.190. The molecule has 1 atom stereocenters. The zero-order valence-corrected chi connectivity index (χ0v) is 11.7. The maximum atomic E-state index is 6.00. The van der Waals surface area contributed by atoms with Crippen molar-refractivity contribution in [1.29, 1.82) is 0 Å². The lowest BCUT2D eigenvalue weighted by molar-refractivity contribution is -0.118. The van der Waals surface area contributed by atoms with Crippen molar-refractivity contribution in [3.63, 3.8) is 0 Å². The van der Waals surface area contributed by atoms with E-state index in [9.17, 15) is 0 Å². The molecule has 108 valence electrons. The predicted molar refractivity (Wildman–Crippen MR) is 69.5 cm³/mol. The molecule has 19 heavy (non-hydrogen) atoms. The second kappa shape index (κ2) is 6.45. The molecule has 1 saturated heterocycles. The van der Waals surface area contributed by atoms with Crippen LogP contribution in [0.2, 0.25) is 0 Å². The minimum Gasteiger partial charge on any atom is -0.381 e. The number of hydrogen-bond acceptors (Lipinski definition) is 6. The Labute approximate surface area is 113 Å². The van der Waals surface area contributed by atoms with Crippen molar-refractivity contribution >= 4 is 0 Å². The van der Waals surface area contributed by atoms with E-state index in [-0.39, 0.29) is 6.04 Å². The van der Waals surface area contributed by atoms with Crippen LogP contribution in [0.3, 0.4) is 0 Å². The van der Waals surface area contributed by atoms with Gasteiger partial charge in [-0.15, -0.1) is 0 Å². The summed E-state index contributed by atoms with van der Waals surface area (Å²) >= 11 is 0. The quantitative estimate of drug-likeness (QED) is 0.849. The molecule has 0 radical (unpaired) electrons. The standard InChI is InChI=1S/C13H23N3O3/c1-3-5-10(14)11-15-12(16-19-11)13(18-4-2)6-8-17-9-7-13/h10H,3-9,14H2,1-2H3/t10-/m1/s1. The smallest absolute Gasteiger partial charge is 0.243 e. The molecule has 1 aromatic heterocycles. The SMILES string of the molecule is CCC[C@@H](N)c1nc(C2(OCC)CCOCC2)no1. The second-order valence-electron chi connectivity index (χ2n) is 4.89. The number of ether oxygens (including phenoxy) is 2. The Bertz CT molecular complexity index is 383. The third-order valence-electron chi connectivity index (χ3n) is 3.49. The van der Waals surface area contributed by atoms with E-state index in [1.165, 1.54) is 0 Å². The summed E-state index contributed by atoms with van der Waals surface area (Å²) in [6.45, 7) is 5.99. The fourth-order valence-corrected chi connectivity index (χ4v) is 2.42. The minimum absolute atomic E-state index is 0.190. The van der Waals surface area contributed by atoms with Crippen LogP contribution in [0.4, 0.5) is 0 Å². The molecule has 2 N–H and O–H groups in total. The van der Waals surface area contributed by atoms with Gasteiger partial charge in [-0.05, 0) is 13.3 Å². The van der Waals surface area contributed by atoms with Gasteiger partial charge in [-0.3, -0.25) is 0 Å². The molecule has 1 fully saturated rings. The first-order valence-corrected chi connectivity index (χ1v) is 7.03. The van der Waals surface area contributed by atoms with Crippen molar-refractivity contribution in [1.82, 2.24) is 10.1 Å². The van der Waals surface area contributed by atoms with Crippen molar-refractivity contribution in [3.8, 4) is 0 Å². The molecule has 0 aromatic carbocycles. The van der Waals surface area contributed by atoms with E-state index in [2.05, 4.69) is 17.1 Å². The Morgan fingerprint density at radius 1 is 1.37 bits per heavy atom. The summed E-state index contributed by atoms with van der Waals surface area (Å²) in [4.78, 5) is 4.46. The number of nitrogens with zero attached hydrogens (tertiary/aromatic N) is 2. The molecule has 6 nitrogen and oxygen atoms in total. The van der Waals surface area contributed by atoms with Crippen molar-refractivity contribution in [2.45, 2.75) is 51.2 Å². The Morgan fingerprint density at radius 2 is 2.11 bits per heavy atom. The minimum atomic E-state index is -0.472. The Kier molecular flexibility index (Phi) is 4.90. The molecule has 0 unspecified atom stereocenters. The largest absolute Gasteiger partial charge is 0.381 e. The van der Waals surface area contributed by atoms with E-state index >= 15 is 0 Å². The van der Waals surface area contributed by atoms with Crippen LogP contribution in [0.1, 0.15) is 57.3 Å². The molecule has 0 spiro atoms. The highest BCUT2D eigenvalue weighted by molar-refractivity contribution is 5.04. The van der Waals surface area contributed by atoms with Gasteiger partial charge in [0, 0.05) is 32.7 Å². The van der Waals surface area contributed by atoms with Crippen molar-refractivity contribution in [3.05, 3.63) is 11.7 Å². The van der Waals surface area contributed by atoms with Crippen molar-refractivity contribution in [2.24, 2.45) is 5.73 Å². The fraction of sp³-hybridized carbons (Fsp3) is 0.846. The molecule has 6 heteroatoms. The summed E-state index contributed by atoms with van der Waals surface area (Å²) < 4.78 is 16.6. The zero-order valence-electron chi connectivity index (χ0n) is 11.7. The molecule has 0 saturated carbocycles. The summed E-state index contributed by atoms with van der Waals surface area (Å²) in [5.41, 5.74) is 5.53. The van der Waals surface area contributed by atoms with Crippen LogP contribution < -0.4 is 5.73 Å². The molecule has 0 amide bonds. The molecule has 1 aliphatic heterocycles. The van der Waals surface area contributed by atoms with Crippen LogP contribution in [0, 0.1) is 0 Å². The summed E-state index contributed by atoms with van der Waals surface area (Å²) in [6.07, 6.45) is 3.33. The van der Waals surface area contributed by atoms with Crippen LogP contribution in [0.5, 0.6) is 0 Å². The van der Waals surface area contributed by atoms with Crippen LogP contribution in [-0.2, 0) is 15.1 Å². The molecular weight excluding hydrogens is 246 g/mol. The van der Waals surface area contributed by atoms with Crippen LogP contribution >= 0.6 is 0 Å². The van der Waals surface area contributed by atoms with E-state index in [1.807, 2.05) is 6.92 Å². The molecule has 1 aliphatic rings. The second-order valence-corrected chi connectivity index (χ2v) is 4.89. The third kappa shape index (κ3) is 3.13. The van der Waals surface area contributed by atoms with Gasteiger partial charge in [0.05, 0.1) is 6.04 Å². The normalized spacial score (nSPS) is 20.4. The van der Waals surface area contributed by atoms with Gasteiger partial charge in [0.2, 0.25) is 11.7 Å². The van der Waals surface area contributed by atoms with E-state index < -0.39 is 5.60 Å². The molecule has 0 bridgehead atoms. The van der Waals surface area contributed by atoms with E-state index in [1.54, 1.807) is 0 Å².